The fraction of sp³-hybridized carbons (Fsp3) is 0.600. The molecule has 0 aromatic heterocycles. The SMILES string of the molecule is CCNC(=NCc1ccc(C(=O)N(CC)CC)cc1)NCCC(C)C.I. The molecule has 0 saturated carbocycles. The third kappa shape index (κ3) is 8.87. The Kier molecular flexibility index (Phi) is 13.1. The van der Waals surface area contributed by atoms with Crippen LogP contribution in [0.4, 0.5) is 0 Å². The van der Waals surface area contributed by atoms with Crippen LogP contribution in [0.1, 0.15) is 57.0 Å². The lowest BCUT2D eigenvalue weighted by molar-refractivity contribution is 0.0773. The summed E-state index contributed by atoms with van der Waals surface area (Å²) >= 11 is 0. The van der Waals surface area contributed by atoms with Gasteiger partial charge in [-0.2, -0.15) is 0 Å². The fourth-order valence-electron chi connectivity index (χ4n) is 2.44. The predicted octanol–water partition coefficient (Wildman–Crippen LogP) is 3.89. The van der Waals surface area contributed by atoms with Crippen molar-refractivity contribution in [3.63, 3.8) is 0 Å². The number of carbonyl (C=O) groups excluding carboxylic acids is 1. The smallest absolute Gasteiger partial charge is 0.253 e. The molecule has 26 heavy (non-hydrogen) atoms. The van der Waals surface area contributed by atoms with E-state index >= 15 is 0 Å². The largest absolute Gasteiger partial charge is 0.357 e. The molecule has 0 aliphatic heterocycles. The summed E-state index contributed by atoms with van der Waals surface area (Å²) in [7, 11) is 0. The zero-order valence-electron chi connectivity index (χ0n) is 16.8. The van der Waals surface area contributed by atoms with Crippen LogP contribution < -0.4 is 10.6 Å². The normalized spacial score (nSPS) is 11.1. The maximum atomic E-state index is 12.3. The first-order chi connectivity index (χ1) is 12.0. The first-order valence-electron chi connectivity index (χ1n) is 9.42. The molecule has 0 bridgehead atoms. The van der Waals surface area contributed by atoms with Crippen molar-refractivity contribution < 1.29 is 4.79 Å². The predicted molar refractivity (Wildman–Crippen MR) is 121 cm³/mol. The number of benzene rings is 1. The van der Waals surface area contributed by atoms with Crippen LogP contribution in [-0.4, -0.2) is 42.9 Å². The standard InChI is InChI=1S/C20H34N4O.HI/c1-6-21-20(22-14-13-16(4)5)23-15-17-9-11-18(12-10-17)19(25)24(7-2)8-3;/h9-12,16H,6-8,13-15H2,1-5H3,(H2,21,22,23);1H. The average molecular weight is 474 g/mol. The number of hydrogen-bond acceptors (Lipinski definition) is 2. The van der Waals surface area contributed by atoms with Gasteiger partial charge in [-0.15, -0.1) is 24.0 Å². The van der Waals surface area contributed by atoms with Crippen molar-refractivity contribution in [1.29, 1.82) is 0 Å². The molecule has 0 heterocycles. The summed E-state index contributed by atoms with van der Waals surface area (Å²) < 4.78 is 0. The summed E-state index contributed by atoms with van der Waals surface area (Å²) in [6.07, 6.45) is 1.12. The topological polar surface area (TPSA) is 56.7 Å². The fourth-order valence-corrected chi connectivity index (χ4v) is 2.44. The highest BCUT2D eigenvalue weighted by molar-refractivity contribution is 14.0. The number of guanidine groups is 1. The van der Waals surface area contributed by atoms with E-state index in [1.165, 1.54) is 0 Å². The summed E-state index contributed by atoms with van der Waals surface area (Å²) in [6, 6.07) is 7.76. The monoisotopic (exact) mass is 474 g/mol. The zero-order valence-corrected chi connectivity index (χ0v) is 19.2. The molecule has 0 fully saturated rings. The Morgan fingerprint density at radius 2 is 1.69 bits per heavy atom. The van der Waals surface area contributed by atoms with Gasteiger partial charge in [0.05, 0.1) is 6.54 Å². The van der Waals surface area contributed by atoms with Crippen LogP contribution >= 0.6 is 24.0 Å². The van der Waals surface area contributed by atoms with E-state index in [9.17, 15) is 4.79 Å². The van der Waals surface area contributed by atoms with Gasteiger partial charge in [0.1, 0.15) is 0 Å². The van der Waals surface area contributed by atoms with E-state index in [1.807, 2.05) is 43.0 Å². The van der Waals surface area contributed by atoms with E-state index < -0.39 is 0 Å². The first-order valence-corrected chi connectivity index (χ1v) is 9.42. The lowest BCUT2D eigenvalue weighted by Gasteiger charge is -2.18. The lowest BCUT2D eigenvalue weighted by Crippen LogP contribution is -2.38. The molecule has 0 radical (unpaired) electrons. The molecule has 2 N–H and O–H groups in total. The summed E-state index contributed by atoms with van der Waals surface area (Å²) in [6.45, 7) is 14.3. The molecule has 0 aliphatic carbocycles. The molecule has 1 amide bonds. The maximum absolute atomic E-state index is 12.3. The molecule has 6 heteroatoms. The number of amides is 1. The molecule has 0 spiro atoms. The van der Waals surface area contributed by atoms with Gasteiger partial charge in [-0.05, 0) is 50.8 Å². The Hall–Kier alpha value is -1.31. The molecule has 1 aromatic rings. The van der Waals surface area contributed by atoms with E-state index in [0.717, 1.165) is 49.7 Å². The third-order valence-corrected chi connectivity index (χ3v) is 4.03. The van der Waals surface area contributed by atoms with E-state index in [-0.39, 0.29) is 29.9 Å². The number of halogens is 1. The summed E-state index contributed by atoms with van der Waals surface area (Å²) in [5.41, 5.74) is 1.83. The minimum absolute atomic E-state index is 0. The molecule has 0 unspecified atom stereocenters. The first kappa shape index (κ1) is 24.7. The highest BCUT2D eigenvalue weighted by Gasteiger charge is 2.11. The number of rotatable bonds is 9. The molecule has 1 aromatic carbocycles. The molecule has 0 atom stereocenters. The van der Waals surface area contributed by atoms with Crippen molar-refractivity contribution in [2.24, 2.45) is 10.9 Å². The second-order valence-electron chi connectivity index (χ2n) is 6.48. The van der Waals surface area contributed by atoms with E-state index in [4.69, 9.17) is 0 Å². The quantitative estimate of drug-likeness (QED) is 0.325. The molecular weight excluding hydrogens is 439 g/mol. The number of hydrogen-bond donors (Lipinski definition) is 2. The van der Waals surface area contributed by atoms with Crippen LogP contribution in [0, 0.1) is 5.92 Å². The molecule has 5 nitrogen and oxygen atoms in total. The van der Waals surface area contributed by atoms with Gasteiger partial charge in [-0.3, -0.25) is 4.79 Å². The van der Waals surface area contributed by atoms with E-state index in [0.29, 0.717) is 12.5 Å². The van der Waals surface area contributed by atoms with Gasteiger partial charge in [0.15, 0.2) is 5.96 Å². The number of nitrogens with one attached hydrogen (secondary N) is 2. The van der Waals surface area contributed by atoms with Gasteiger partial charge in [-0.25, -0.2) is 4.99 Å². The van der Waals surface area contributed by atoms with Crippen LogP contribution in [-0.2, 0) is 6.54 Å². The minimum atomic E-state index is 0. The van der Waals surface area contributed by atoms with Gasteiger partial charge < -0.3 is 15.5 Å². The Labute approximate surface area is 176 Å². The third-order valence-electron chi connectivity index (χ3n) is 4.03. The Bertz CT molecular complexity index is 539. The van der Waals surface area contributed by atoms with Gasteiger partial charge in [0.2, 0.25) is 0 Å². The summed E-state index contributed by atoms with van der Waals surface area (Å²) in [5, 5.41) is 6.62. The van der Waals surface area contributed by atoms with Gasteiger partial charge >= 0.3 is 0 Å². The van der Waals surface area contributed by atoms with Crippen LogP contribution in [0.3, 0.4) is 0 Å². The van der Waals surface area contributed by atoms with Crippen LogP contribution in [0.25, 0.3) is 0 Å². The second kappa shape index (κ2) is 13.8. The summed E-state index contributed by atoms with van der Waals surface area (Å²) in [5.74, 6) is 1.60. The molecule has 0 aliphatic rings. The van der Waals surface area contributed by atoms with Gasteiger partial charge in [-0.1, -0.05) is 26.0 Å². The Balaban J connectivity index is 0.00000625. The Morgan fingerprint density at radius 3 is 2.19 bits per heavy atom. The average Bonchev–Trinajstić information content (AvgIpc) is 2.60. The van der Waals surface area contributed by atoms with E-state index in [1.54, 1.807) is 0 Å². The van der Waals surface area contributed by atoms with Crippen molar-refractivity contribution in [3.05, 3.63) is 35.4 Å². The van der Waals surface area contributed by atoms with Crippen molar-refractivity contribution in [2.75, 3.05) is 26.2 Å². The van der Waals surface area contributed by atoms with E-state index in [2.05, 4.69) is 36.4 Å². The summed E-state index contributed by atoms with van der Waals surface area (Å²) in [4.78, 5) is 18.8. The number of aliphatic imine (C=N–C) groups is 1. The second-order valence-corrected chi connectivity index (χ2v) is 6.48. The van der Waals surface area contributed by atoms with Crippen LogP contribution in [0.2, 0.25) is 0 Å². The van der Waals surface area contributed by atoms with Crippen molar-refractivity contribution in [3.8, 4) is 0 Å². The van der Waals surface area contributed by atoms with Crippen molar-refractivity contribution >= 4 is 35.8 Å². The van der Waals surface area contributed by atoms with Gasteiger partial charge in [0.25, 0.3) is 5.91 Å². The van der Waals surface area contributed by atoms with Crippen molar-refractivity contribution in [2.45, 2.75) is 47.6 Å². The number of carbonyl (C=O) groups is 1. The van der Waals surface area contributed by atoms with Gasteiger partial charge in [0, 0.05) is 31.7 Å². The minimum Gasteiger partial charge on any atom is -0.357 e. The molecule has 0 saturated heterocycles. The highest BCUT2D eigenvalue weighted by Crippen LogP contribution is 2.09. The molecule has 1 rings (SSSR count). The molecular formula is C20H35IN4O. The molecule has 148 valence electrons. The Morgan fingerprint density at radius 1 is 1.08 bits per heavy atom. The lowest BCUT2D eigenvalue weighted by atomic mass is 10.1. The number of nitrogens with zero attached hydrogens (tertiary/aromatic N) is 2. The zero-order chi connectivity index (χ0) is 18.7. The van der Waals surface area contributed by atoms with Crippen LogP contribution in [0.15, 0.2) is 29.3 Å². The maximum Gasteiger partial charge on any atom is 0.253 e. The van der Waals surface area contributed by atoms with Crippen molar-refractivity contribution in [1.82, 2.24) is 15.5 Å². The van der Waals surface area contributed by atoms with Crippen LogP contribution in [0.5, 0.6) is 0 Å². The highest BCUT2D eigenvalue weighted by atomic mass is 127.